The molecule has 23 rings (SSSR count). The molecular weight excluding hydrogens is 1360 g/mol. The van der Waals surface area contributed by atoms with Crippen molar-refractivity contribution in [2.45, 2.75) is 12.0 Å². The molecule has 109 heavy (non-hydrogen) atoms. The van der Waals surface area contributed by atoms with Crippen LogP contribution in [0.5, 0.6) is 0 Å². The Balaban J connectivity index is 0.591. The van der Waals surface area contributed by atoms with Gasteiger partial charge in [-0.3, -0.25) is 0 Å². The van der Waals surface area contributed by atoms with E-state index in [9.17, 15) is 0 Å². The average molecular weight is 1420 g/mol. The van der Waals surface area contributed by atoms with Gasteiger partial charge in [0.1, 0.15) is 22.3 Å². The normalized spacial score (nSPS) is 14.3. The smallest absolute Gasteiger partial charge is 0.179 e. The first-order valence-electron chi connectivity index (χ1n) is 37.6. The van der Waals surface area contributed by atoms with Crippen molar-refractivity contribution in [3.8, 4) is 55.9 Å². The Morgan fingerprint density at radius 1 is 0.275 bits per heavy atom. The molecule has 0 saturated carbocycles. The largest absolute Gasteiger partial charge is 0.456 e. The van der Waals surface area contributed by atoms with Crippen LogP contribution in [0.25, 0.3) is 164 Å². The van der Waals surface area contributed by atoms with Gasteiger partial charge in [0.25, 0.3) is 0 Å². The molecule has 5 aromatic heterocycles. The number of benzene rings is 16. The lowest BCUT2D eigenvalue weighted by molar-refractivity contribution is 0.668. The minimum atomic E-state index is -3.04. The van der Waals surface area contributed by atoms with Gasteiger partial charge >= 0.3 is 0 Å². The van der Waals surface area contributed by atoms with E-state index in [4.69, 9.17) is 8.83 Å². The Kier molecular flexibility index (Phi) is 13.7. The minimum Gasteiger partial charge on any atom is -0.456 e. The summed E-state index contributed by atoms with van der Waals surface area (Å²) in [5, 5.41) is 17.2. The monoisotopic (exact) mass is 1420 g/mol. The number of fused-ring (bicyclic) bond motifs is 18. The van der Waals surface area contributed by atoms with Crippen molar-refractivity contribution >= 4 is 159 Å². The molecule has 21 aromatic rings. The van der Waals surface area contributed by atoms with Gasteiger partial charge in [0.05, 0.1) is 28.1 Å². The predicted octanol–water partition coefficient (Wildman–Crippen LogP) is 24.8. The van der Waals surface area contributed by atoms with Crippen LogP contribution < -0.4 is 25.6 Å². The standard InChI is InChI=1S/C102H65N3O2SSi/c1-3-25-74(26-4-1)109(75-27-5-2-6-28-75,76-29-18-23-70(56-76)78-36-20-37-84-83-35-11-16-42-101(83)108-102(78)84)77-30-19-24-71(61-77)103-93-40-14-9-33-81(93)85-57-66(43-49-95(85)103)67-44-50-96-86(58-67)82-34-10-15-41-94(82)105(96)73-48-54-100-90(63-73)88-60-69(46-52-98(88)107-100)65-22-17-21-64(55-65)68-45-51-97-87(59-68)89-62-72(47-53-99(89)106-97)104-91-38-12-7-31-79(91)80-32-8-13-39-92(80)104/h1-63,79,91H. The molecule has 0 spiro atoms. The van der Waals surface area contributed by atoms with Crippen molar-refractivity contribution in [2.24, 2.45) is 0 Å². The molecule has 0 bridgehead atoms. The second kappa shape index (κ2) is 24.2. The van der Waals surface area contributed by atoms with Crippen LogP contribution in [0, 0.1) is 0 Å². The fourth-order valence-electron chi connectivity index (χ4n) is 18.7. The van der Waals surface area contributed by atoms with Crippen LogP contribution in [0.4, 0.5) is 11.4 Å². The second-order valence-corrected chi connectivity index (χ2v) is 34.2. The number of hydrogen-bond acceptors (Lipinski definition) is 4. The molecule has 0 radical (unpaired) electrons. The van der Waals surface area contributed by atoms with E-state index >= 15 is 0 Å². The Morgan fingerprint density at radius 2 is 0.725 bits per heavy atom. The van der Waals surface area contributed by atoms with Gasteiger partial charge in [-0.15, -0.1) is 11.3 Å². The summed E-state index contributed by atoms with van der Waals surface area (Å²) in [5.74, 6) is 0.316. The minimum absolute atomic E-state index is 0.221. The molecule has 2 atom stereocenters. The summed E-state index contributed by atoms with van der Waals surface area (Å²) < 4.78 is 20.7. The molecule has 2 unspecified atom stereocenters. The van der Waals surface area contributed by atoms with Crippen LogP contribution in [0.1, 0.15) is 11.5 Å². The van der Waals surface area contributed by atoms with Crippen molar-refractivity contribution in [1.82, 2.24) is 9.13 Å². The highest BCUT2D eigenvalue weighted by molar-refractivity contribution is 7.26. The summed E-state index contributed by atoms with van der Waals surface area (Å²) in [6.45, 7) is 0. The summed E-state index contributed by atoms with van der Waals surface area (Å²) in [6.07, 6.45) is 9.03. The number of para-hydroxylation sites is 3. The van der Waals surface area contributed by atoms with Crippen molar-refractivity contribution in [1.29, 1.82) is 0 Å². The van der Waals surface area contributed by atoms with Crippen molar-refractivity contribution in [3.05, 3.63) is 388 Å². The van der Waals surface area contributed by atoms with Crippen LogP contribution in [0.2, 0.25) is 0 Å². The van der Waals surface area contributed by atoms with E-state index < -0.39 is 8.07 Å². The fraction of sp³-hybridized carbons (Fsp3) is 0.0196. The number of rotatable bonds is 11. The van der Waals surface area contributed by atoms with Crippen molar-refractivity contribution < 1.29 is 8.83 Å². The van der Waals surface area contributed by atoms with Gasteiger partial charge in [-0.2, -0.15) is 0 Å². The van der Waals surface area contributed by atoms with Gasteiger partial charge in [-0.1, -0.05) is 255 Å². The Bertz CT molecular complexity index is 7370. The molecule has 0 amide bonds. The molecular formula is C102H65N3O2SSi. The molecule has 1 aliphatic heterocycles. The first-order valence-corrected chi connectivity index (χ1v) is 40.4. The maximum Gasteiger partial charge on any atom is 0.179 e. The molecule has 510 valence electrons. The number of allylic oxidation sites excluding steroid dienone is 2. The number of thiophene rings is 1. The van der Waals surface area contributed by atoms with E-state index in [2.05, 4.69) is 396 Å². The topological polar surface area (TPSA) is 39.4 Å². The second-order valence-electron chi connectivity index (χ2n) is 29.3. The van der Waals surface area contributed by atoms with Gasteiger partial charge in [-0.05, 0) is 198 Å². The van der Waals surface area contributed by atoms with Crippen LogP contribution in [0.15, 0.2) is 391 Å². The SMILES string of the molecule is C1=CC2c3ccccc3N(c3ccc4oc5ccc(-c6cccc(-c7ccc8oc9ccc(-n%10c%11ccccc%11c%11cc(-c%12ccc%13c(c%12)c%12ccccc%12n%13-c%12cccc([Si](c%13ccccc%13)(c%13ccccc%13)c%13cccc(-c%14cccc%15c%14sc%14ccccc%14%15)c%13)c%12)ccc%11%10)cc9c8c7)c6)cc5c4c3)C2C=C1. The third-order valence-electron chi connectivity index (χ3n) is 23.6. The summed E-state index contributed by atoms with van der Waals surface area (Å²) in [5.41, 5.74) is 23.5. The number of hydrogen-bond donors (Lipinski definition) is 0. The van der Waals surface area contributed by atoms with Crippen LogP contribution in [-0.2, 0) is 0 Å². The number of anilines is 2. The molecule has 7 heteroatoms. The van der Waals surface area contributed by atoms with E-state index in [1.54, 1.807) is 0 Å². The Morgan fingerprint density at radius 3 is 1.39 bits per heavy atom. The summed E-state index contributed by atoms with van der Waals surface area (Å²) >= 11 is 1.89. The maximum absolute atomic E-state index is 6.66. The summed E-state index contributed by atoms with van der Waals surface area (Å²) in [7, 11) is -3.04. The lowest BCUT2D eigenvalue weighted by atomic mass is 9.91. The zero-order valence-electron chi connectivity index (χ0n) is 59.1. The van der Waals surface area contributed by atoms with Gasteiger partial charge < -0.3 is 22.9 Å². The molecule has 0 fully saturated rings. The van der Waals surface area contributed by atoms with Crippen LogP contribution >= 0.6 is 11.3 Å². The molecule has 16 aromatic carbocycles. The zero-order chi connectivity index (χ0) is 71.4. The number of aromatic nitrogens is 2. The highest BCUT2D eigenvalue weighted by Crippen LogP contribution is 2.50. The lowest BCUT2D eigenvalue weighted by Crippen LogP contribution is -2.74. The number of nitrogens with zero attached hydrogens (tertiary/aromatic N) is 3. The molecule has 5 nitrogen and oxygen atoms in total. The van der Waals surface area contributed by atoms with E-state index in [1.807, 2.05) is 11.3 Å². The number of furan rings is 2. The van der Waals surface area contributed by atoms with E-state index in [-0.39, 0.29) is 6.04 Å². The highest BCUT2D eigenvalue weighted by atomic mass is 32.1. The van der Waals surface area contributed by atoms with Crippen LogP contribution in [0.3, 0.4) is 0 Å². The highest BCUT2D eigenvalue weighted by Gasteiger charge is 2.42. The summed E-state index contributed by atoms with van der Waals surface area (Å²) in [6, 6.07) is 134. The quantitative estimate of drug-likeness (QED) is 0.0957. The van der Waals surface area contributed by atoms with Crippen LogP contribution in [-0.4, -0.2) is 23.2 Å². The first kappa shape index (κ1) is 61.7. The third-order valence-corrected chi connectivity index (χ3v) is 29.5. The lowest BCUT2D eigenvalue weighted by Gasteiger charge is -2.35. The van der Waals surface area contributed by atoms with E-state index in [0.717, 1.165) is 99.7 Å². The predicted molar refractivity (Wildman–Crippen MR) is 461 cm³/mol. The molecule has 1 aliphatic carbocycles. The molecule has 6 heterocycles. The summed E-state index contributed by atoms with van der Waals surface area (Å²) in [4.78, 5) is 2.49. The third kappa shape index (κ3) is 9.50. The zero-order valence-corrected chi connectivity index (χ0v) is 60.9. The molecule has 2 aliphatic rings. The molecule has 0 N–H and O–H groups in total. The Hall–Kier alpha value is -13.6. The molecule has 0 saturated heterocycles. The van der Waals surface area contributed by atoms with Gasteiger partial charge in [0.2, 0.25) is 0 Å². The van der Waals surface area contributed by atoms with Gasteiger partial charge in [-0.25, -0.2) is 0 Å². The fourth-order valence-corrected chi connectivity index (χ4v) is 24.7. The van der Waals surface area contributed by atoms with Crippen molar-refractivity contribution in [2.75, 3.05) is 4.90 Å². The average Bonchev–Trinajstić information content (AvgIpc) is 1.73. The maximum atomic E-state index is 6.66. The van der Waals surface area contributed by atoms with Crippen molar-refractivity contribution in [3.63, 3.8) is 0 Å². The van der Waals surface area contributed by atoms with Gasteiger partial charge in [0.15, 0.2) is 8.07 Å². The van der Waals surface area contributed by atoms with Gasteiger partial charge in [0, 0.05) is 91.9 Å². The van der Waals surface area contributed by atoms with E-state index in [1.165, 1.54) is 101 Å². The first-order chi connectivity index (χ1) is 54.0. The Labute approximate surface area is 633 Å². The van der Waals surface area contributed by atoms with E-state index in [0.29, 0.717) is 5.92 Å².